The van der Waals surface area contributed by atoms with Crippen LogP contribution in [0.4, 0.5) is 0 Å². The summed E-state index contributed by atoms with van der Waals surface area (Å²) < 4.78 is 0. The lowest BCUT2D eigenvalue weighted by molar-refractivity contribution is -0.133. The molecule has 1 aromatic heterocycles. The lowest BCUT2D eigenvalue weighted by Crippen LogP contribution is -2.32. The van der Waals surface area contributed by atoms with E-state index in [1.807, 2.05) is 17.0 Å². The van der Waals surface area contributed by atoms with Crippen LogP contribution in [0.3, 0.4) is 0 Å². The fourth-order valence-corrected chi connectivity index (χ4v) is 5.70. The second kappa shape index (κ2) is 9.51. The smallest absolute Gasteiger partial charge is 0.223 e. The highest BCUT2D eigenvalue weighted by Crippen LogP contribution is 2.33. The number of pyridine rings is 1. The highest BCUT2D eigenvalue weighted by atomic mass is 16.2. The first-order valence-corrected chi connectivity index (χ1v) is 13.2. The summed E-state index contributed by atoms with van der Waals surface area (Å²) in [6, 6.07) is 20.9. The van der Waals surface area contributed by atoms with Crippen LogP contribution in [0.5, 0.6) is 0 Å². The van der Waals surface area contributed by atoms with Gasteiger partial charge in [-0.3, -0.25) is 14.6 Å². The van der Waals surface area contributed by atoms with Crippen LogP contribution in [0.1, 0.15) is 56.5 Å². The number of aromatic nitrogens is 1. The van der Waals surface area contributed by atoms with Crippen molar-refractivity contribution in [1.82, 2.24) is 15.2 Å². The molecule has 0 spiro atoms. The average Bonchev–Trinajstić information content (AvgIpc) is 3.60. The van der Waals surface area contributed by atoms with Crippen molar-refractivity contribution in [2.45, 2.75) is 45.2 Å². The molecule has 3 aromatic carbocycles. The van der Waals surface area contributed by atoms with Crippen molar-refractivity contribution < 1.29 is 4.79 Å². The third-order valence-electron chi connectivity index (χ3n) is 7.62. The van der Waals surface area contributed by atoms with Gasteiger partial charge in [-0.15, -0.1) is 0 Å². The van der Waals surface area contributed by atoms with Crippen LogP contribution in [-0.4, -0.2) is 35.2 Å². The number of rotatable bonds is 5. The molecular weight excluding hydrogens is 460 g/mol. The summed E-state index contributed by atoms with van der Waals surface area (Å²) in [5.74, 6) is 0.490. The van der Waals surface area contributed by atoms with Gasteiger partial charge >= 0.3 is 0 Å². The van der Waals surface area contributed by atoms with Gasteiger partial charge in [-0.1, -0.05) is 44.2 Å². The molecule has 4 aromatic rings. The Hall–Kier alpha value is -3.93. The van der Waals surface area contributed by atoms with Crippen LogP contribution in [-0.2, 0) is 4.79 Å². The third-order valence-corrected chi connectivity index (χ3v) is 7.62. The lowest BCUT2D eigenvalue weighted by Gasteiger charge is -2.26. The highest BCUT2D eigenvalue weighted by Gasteiger charge is 2.31. The second-order valence-electron chi connectivity index (χ2n) is 10.7. The minimum Gasteiger partial charge on any atom is -0.368 e. The van der Waals surface area contributed by atoms with E-state index in [0.717, 1.165) is 53.7 Å². The molecule has 1 saturated heterocycles. The van der Waals surface area contributed by atoms with Crippen LogP contribution in [0.25, 0.3) is 32.8 Å². The molecule has 6 rings (SSSR count). The van der Waals surface area contributed by atoms with Gasteiger partial charge < -0.3 is 15.2 Å². The van der Waals surface area contributed by atoms with E-state index in [4.69, 9.17) is 0 Å². The summed E-state index contributed by atoms with van der Waals surface area (Å²) in [5.41, 5.74) is 4.96. The Labute approximate surface area is 216 Å². The number of H-pyrrole nitrogens is 1. The van der Waals surface area contributed by atoms with Crippen LogP contribution >= 0.6 is 0 Å². The molecule has 6 nitrogen and oxygen atoms in total. The van der Waals surface area contributed by atoms with E-state index >= 15 is 0 Å². The Morgan fingerprint density at radius 3 is 2.62 bits per heavy atom. The number of nitrogens with one attached hydrogen (secondary N) is 2. The summed E-state index contributed by atoms with van der Waals surface area (Å²) in [5, 5.41) is 6.31. The number of benzene rings is 3. The molecule has 0 bridgehead atoms. The molecule has 188 valence electrons. The predicted octanol–water partition coefficient (Wildman–Crippen LogP) is 5.73. The standard InChI is InChI=1S/C31H32N4O2/c1-19(2)12-31(37)35-11-3-4-29(35)27-16-30(36)25-15-23(9-10-26(25)34-27)21-5-6-22-14-24(8-7-20(22)13-21)28-17-32-18-33-28/h5-10,13-16,18-19,28-29H,3-4,11-12,17H2,1-2H3,(H,32,33)(H,34,36). The van der Waals surface area contributed by atoms with E-state index in [2.05, 4.69) is 71.6 Å². The van der Waals surface area contributed by atoms with Gasteiger partial charge in [-0.05, 0) is 70.5 Å². The van der Waals surface area contributed by atoms with Crippen molar-refractivity contribution >= 4 is 33.9 Å². The van der Waals surface area contributed by atoms with Crippen LogP contribution in [0, 0.1) is 5.92 Å². The quantitative estimate of drug-likeness (QED) is 0.373. The maximum atomic E-state index is 13.2. The molecule has 2 unspecified atom stereocenters. The van der Waals surface area contributed by atoms with Crippen LogP contribution < -0.4 is 10.7 Å². The first kappa shape index (κ1) is 23.5. The Bertz CT molecular complexity index is 1580. The van der Waals surface area contributed by atoms with Crippen LogP contribution in [0.15, 0.2) is 70.5 Å². The lowest BCUT2D eigenvalue weighted by atomic mass is 9.97. The normalized spacial score (nSPS) is 19.3. The van der Waals surface area contributed by atoms with Crippen LogP contribution in [0.2, 0.25) is 0 Å². The van der Waals surface area contributed by atoms with Crippen molar-refractivity contribution in [2.24, 2.45) is 10.9 Å². The van der Waals surface area contributed by atoms with Gasteiger partial charge in [0.2, 0.25) is 5.91 Å². The van der Waals surface area contributed by atoms with Gasteiger partial charge in [0, 0.05) is 35.6 Å². The third kappa shape index (κ3) is 4.52. The Morgan fingerprint density at radius 1 is 1.03 bits per heavy atom. The second-order valence-corrected chi connectivity index (χ2v) is 10.7. The van der Waals surface area contributed by atoms with Gasteiger partial charge in [0.1, 0.15) is 0 Å². The molecule has 0 aliphatic carbocycles. The highest BCUT2D eigenvalue weighted by molar-refractivity contribution is 5.90. The minimum atomic E-state index is -0.0561. The number of amides is 1. The molecule has 6 heteroatoms. The fourth-order valence-electron chi connectivity index (χ4n) is 5.70. The zero-order chi connectivity index (χ0) is 25.5. The average molecular weight is 493 g/mol. The largest absolute Gasteiger partial charge is 0.368 e. The molecule has 0 saturated carbocycles. The molecule has 0 radical (unpaired) electrons. The van der Waals surface area contributed by atoms with Gasteiger partial charge in [0.15, 0.2) is 5.43 Å². The number of fused-ring (bicyclic) bond motifs is 2. The molecule has 1 amide bonds. The first-order chi connectivity index (χ1) is 18.0. The number of aromatic amines is 1. The molecule has 2 aliphatic rings. The number of hydrogen-bond acceptors (Lipinski definition) is 4. The Kier molecular flexibility index (Phi) is 6.03. The van der Waals surface area contributed by atoms with E-state index in [1.165, 1.54) is 10.9 Å². The molecule has 2 aliphatic heterocycles. The molecule has 3 heterocycles. The maximum Gasteiger partial charge on any atom is 0.223 e. The number of aliphatic imine (C=N–C) groups is 1. The van der Waals surface area contributed by atoms with Gasteiger partial charge in [0.25, 0.3) is 0 Å². The molecular formula is C31H32N4O2. The summed E-state index contributed by atoms with van der Waals surface area (Å²) in [6.45, 7) is 5.65. The Balaban J connectivity index is 1.30. The van der Waals surface area contributed by atoms with Gasteiger partial charge in [-0.25, -0.2) is 0 Å². The van der Waals surface area contributed by atoms with E-state index in [1.54, 1.807) is 12.4 Å². The zero-order valence-electron chi connectivity index (χ0n) is 21.3. The monoisotopic (exact) mass is 492 g/mol. The number of carbonyl (C=O) groups is 1. The number of nitrogens with zero attached hydrogens (tertiary/aromatic N) is 2. The van der Waals surface area contributed by atoms with Crippen molar-refractivity contribution in [3.05, 3.63) is 82.1 Å². The topological polar surface area (TPSA) is 77.6 Å². The maximum absolute atomic E-state index is 13.2. The summed E-state index contributed by atoms with van der Waals surface area (Å²) in [7, 11) is 0. The summed E-state index contributed by atoms with van der Waals surface area (Å²) in [6.07, 6.45) is 4.16. The fraction of sp³-hybridized carbons (Fsp3) is 0.323. The van der Waals surface area contributed by atoms with E-state index in [9.17, 15) is 9.59 Å². The predicted molar refractivity (Wildman–Crippen MR) is 150 cm³/mol. The molecule has 2 N–H and O–H groups in total. The molecule has 1 fully saturated rings. The van der Waals surface area contributed by atoms with Crippen molar-refractivity contribution in [3.8, 4) is 11.1 Å². The molecule has 37 heavy (non-hydrogen) atoms. The number of likely N-dealkylation sites (tertiary alicyclic amines) is 1. The van der Waals surface area contributed by atoms with Crippen molar-refractivity contribution in [2.75, 3.05) is 13.1 Å². The summed E-state index contributed by atoms with van der Waals surface area (Å²) in [4.78, 5) is 35.7. The summed E-state index contributed by atoms with van der Waals surface area (Å²) >= 11 is 0. The Morgan fingerprint density at radius 2 is 1.81 bits per heavy atom. The number of carbonyl (C=O) groups excluding carboxylic acids is 1. The molecule has 2 atom stereocenters. The van der Waals surface area contributed by atoms with Crippen molar-refractivity contribution in [3.63, 3.8) is 0 Å². The zero-order valence-corrected chi connectivity index (χ0v) is 21.3. The van der Waals surface area contributed by atoms with Gasteiger partial charge in [0.05, 0.1) is 25.0 Å². The van der Waals surface area contributed by atoms with Gasteiger partial charge in [-0.2, -0.15) is 0 Å². The number of hydrogen-bond donors (Lipinski definition) is 2. The minimum absolute atomic E-state index is 0.00882. The van der Waals surface area contributed by atoms with E-state index < -0.39 is 0 Å². The first-order valence-electron chi connectivity index (χ1n) is 13.2. The van der Waals surface area contributed by atoms with Crippen molar-refractivity contribution in [1.29, 1.82) is 0 Å². The van der Waals surface area contributed by atoms with E-state index in [0.29, 0.717) is 17.7 Å². The SMILES string of the molecule is CC(C)CC(=O)N1CCCC1c1cc(=O)c2cc(-c3ccc4cc(C5CN=CN5)ccc4c3)ccc2[nH]1. The van der Waals surface area contributed by atoms with E-state index in [-0.39, 0.29) is 23.4 Å².